The Morgan fingerprint density at radius 1 is 0.844 bits per heavy atom. The fourth-order valence-electron chi connectivity index (χ4n) is 7.13. The topological polar surface area (TPSA) is 9.23 Å². The van der Waals surface area contributed by atoms with Gasteiger partial charge in [-0.05, 0) is 105 Å². The molecule has 0 unspecified atom stereocenters. The molecule has 0 aromatic heterocycles. The highest BCUT2D eigenvalue weighted by Gasteiger charge is 2.48. The number of hydrogen-bond donors (Lipinski definition) is 0. The summed E-state index contributed by atoms with van der Waals surface area (Å²) in [6, 6.07) is 10.0. The highest BCUT2D eigenvalue weighted by Crippen LogP contribution is 2.59. The first kappa shape index (κ1) is 24.1. The van der Waals surface area contributed by atoms with Gasteiger partial charge in [-0.25, -0.2) is 0 Å². The van der Waals surface area contributed by atoms with Crippen molar-refractivity contribution in [2.75, 3.05) is 6.61 Å². The van der Waals surface area contributed by atoms with Gasteiger partial charge in [-0.3, -0.25) is 0 Å². The zero-order valence-electron chi connectivity index (χ0n) is 21.0. The maximum atomic E-state index is 6.00. The summed E-state index contributed by atoms with van der Waals surface area (Å²) in [7, 11) is 0. The van der Waals surface area contributed by atoms with E-state index in [-0.39, 0.29) is 0 Å². The van der Waals surface area contributed by atoms with Crippen molar-refractivity contribution in [1.82, 2.24) is 0 Å². The molecule has 0 N–H and O–H groups in total. The molecule has 0 radical (unpaired) electrons. The molecule has 0 amide bonds. The second kappa shape index (κ2) is 11.4. The molecule has 2 bridgehead atoms. The van der Waals surface area contributed by atoms with Crippen LogP contribution in [-0.4, -0.2) is 12.7 Å². The molecule has 1 aromatic carbocycles. The Morgan fingerprint density at radius 3 is 2.12 bits per heavy atom. The predicted molar refractivity (Wildman–Crippen MR) is 137 cm³/mol. The fraction of sp³-hybridized carbons (Fsp3) is 0.742. The first-order valence-electron chi connectivity index (χ1n) is 14.0. The zero-order chi connectivity index (χ0) is 22.3. The van der Waals surface area contributed by atoms with E-state index >= 15 is 0 Å². The summed E-state index contributed by atoms with van der Waals surface area (Å²) in [5.41, 5.74) is 4.44. The summed E-state index contributed by atoms with van der Waals surface area (Å²) in [4.78, 5) is 0. The van der Waals surface area contributed by atoms with E-state index in [1.54, 1.807) is 11.1 Å². The molecule has 0 spiro atoms. The van der Waals surface area contributed by atoms with Gasteiger partial charge >= 0.3 is 0 Å². The first-order valence-corrected chi connectivity index (χ1v) is 14.0. The highest BCUT2D eigenvalue weighted by molar-refractivity contribution is 5.33. The van der Waals surface area contributed by atoms with Crippen LogP contribution in [0.1, 0.15) is 134 Å². The van der Waals surface area contributed by atoms with Gasteiger partial charge in [-0.2, -0.15) is 0 Å². The summed E-state index contributed by atoms with van der Waals surface area (Å²) >= 11 is 0. The molecule has 178 valence electrons. The van der Waals surface area contributed by atoms with Gasteiger partial charge in [0.2, 0.25) is 0 Å². The van der Waals surface area contributed by atoms with Crippen molar-refractivity contribution in [3.8, 4) is 0 Å². The molecule has 4 saturated carbocycles. The first-order chi connectivity index (χ1) is 15.7. The quantitative estimate of drug-likeness (QED) is 0.248. The maximum Gasteiger partial charge on any atom is 0.0651 e. The number of rotatable bonds is 11. The van der Waals surface area contributed by atoms with Gasteiger partial charge in [-0.1, -0.05) is 75.4 Å². The standard InChI is InChI=1S/C31H48O/c1-3-5-7-8-9-18-30-19-22-31(23-20-30,24-21-30)28-14-10-26(11-15-28)27-12-16-29(17-13-27)32-25-6-4-2/h4,6,10-11,14-15,27,29H,3,5,7-9,12-13,16-25H2,1-2H3/t27-,29-,30?,31?. The largest absolute Gasteiger partial charge is 0.374 e. The summed E-state index contributed by atoms with van der Waals surface area (Å²) < 4.78 is 6.00. The molecular formula is C31H48O. The molecule has 1 heteroatoms. The average molecular weight is 437 g/mol. The van der Waals surface area contributed by atoms with Gasteiger partial charge in [0, 0.05) is 0 Å². The van der Waals surface area contributed by atoms with E-state index < -0.39 is 0 Å². The zero-order valence-corrected chi connectivity index (χ0v) is 21.0. The Kier molecular flexibility index (Phi) is 8.55. The maximum absolute atomic E-state index is 6.00. The number of unbranched alkanes of at least 4 members (excludes halogenated alkanes) is 4. The number of benzene rings is 1. The average Bonchev–Trinajstić information content (AvgIpc) is 2.86. The van der Waals surface area contributed by atoms with Gasteiger partial charge in [0.1, 0.15) is 0 Å². The predicted octanol–water partition coefficient (Wildman–Crippen LogP) is 9.26. The molecule has 5 rings (SSSR count). The Hall–Kier alpha value is -1.08. The van der Waals surface area contributed by atoms with Crippen LogP contribution in [0.4, 0.5) is 0 Å². The van der Waals surface area contributed by atoms with Gasteiger partial charge in [0.25, 0.3) is 0 Å². The molecular weight excluding hydrogens is 388 g/mol. The van der Waals surface area contributed by atoms with Crippen LogP contribution in [0.25, 0.3) is 0 Å². The molecule has 4 fully saturated rings. The van der Waals surface area contributed by atoms with Crippen LogP contribution >= 0.6 is 0 Å². The Balaban J connectivity index is 1.26. The van der Waals surface area contributed by atoms with Crippen LogP contribution < -0.4 is 0 Å². The third-order valence-corrected chi connectivity index (χ3v) is 9.54. The van der Waals surface area contributed by atoms with Crippen LogP contribution in [0.2, 0.25) is 0 Å². The number of fused-ring (bicyclic) bond motifs is 3. The van der Waals surface area contributed by atoms with E-state index in [0.717, 1.165) is 12.5 Å². The molecule has 1 aromatic rings. The minimum absolute atomic E-state index is 0.469. The van der Waals surface area contributed by atoms with Gasteiger partial charge in [0.15, 0.2) is 0 Å². The molecule has 4 aliphatic carbocycles. The van der Waals surface area contributed by atoms with E-state index in [1.165, 1.54) is 103 Å². The SMILES string of the molecule is CC=CCO[C@H]1CC[C@H](c2ccc(C34CCC(CCCCCCC)(CC3)CC4)cc2)CC1. The molecule has 0 heterocycles. The Bertz CT molecular complexity index is 682. The van der Waals surface area contributed by atoms with Crippen molar-refractivity contribution in [1.29, 1.82) is 0 Å². The lowest BCUT2D eigenvalue weighted by Crippen LogP contribution is -2.44. The van der Waals surface area contributed by atoms with Crippen LogP contribution in [0.15, 0.2) is 36.4 Å². The lowest BCUT2D eigenvalue weighted by Gasteiger charge is -2.54. The third kappa shape index (κ3) is 5.69. The van der Waals surface area contributed by atoms with E-state index in [1.807, 2.05) is 0 Å². The van der Waals surface area contributed by atoms with E-state index in [0.29, 0.717) is 16.9 Å². The van der Waals surface area contributed by atoms with E-state index in [4.69, 9.17) is 4.74 Å². The van der Waals surface area contributed by atoms with Crippen molar-refractivity contribution >= 4 is 0 Å². The molecule has 32 heavy (non-hydrogen) atoms. The van der Waals surface area contributed by atoms with Crippen molar-refractivity contribution in [3.63, 3.8) is 0 Å². The van der Waals surface area contributed by atoms with Crippen molar-refractivity contribution in [2.45, 2.75) is 134 Å². The van der Waals surface area contributed by atoms with Crippen molar-refractivity contribution in [3.05, 3.63) is 47.5 Å². The molecule has 0 atom stereocenters. The molecule has 0 aliphatic heterocycles. The van der Waals surface area contributed by atoms with Crippen molar-refractivity contribution in [2.24, 2.45) is 5.41 Å². The number of allylic oxidation sites excluding steroid dienone is 1. The lowest BCUT2D eigenvalue weighted by atomic mass is 9.51. The monoisotopic (exact) mass is 436 g/mol. The number of hydrogen-bond acceptors (Lipinski definition) is 1. The lowest BCUT2D eigenvalue weighted by molar-refractivity contribution is 0.0304. The summed E-state index contributed by atoms with van der Waals surface area (Å²) in [6.45, 7) is 5.17. The summed E-state index contributed by atoms with van der Waals surface area (Å²) in [5, 5.41) is 0. The minimum Gasteiger partial charge on any atom is -0.374 e. The van der Waals surface area contributed by atoms with Crippen LogP contribution in [0, 0.1) is 5.41 Å². The molecule has 0 saturated heterocycles. The van der Waals surface area contributed by atoms with Crippen LogP contribution in [-0.2, 0) is 10.2 Å². The minimum atomic E-state index is 0.469. The van der Waals surface area contributed by atoms with Gasteiger partial charge in [0.05, 0.1) is 12.7 Å². The Morgan fingerprint density at radius 2 is 1.50 bits per heavy atom. The van der Waals surface area contributed by atoms with Crippen LogP contribution in [0.3, 0.4) is 0 Å². The highest BCUT2D eigenvalue weighted by atomic mass is 16.5. The Labute approximate surface area is 198 Å². The number of ether oxygens (including phenoxy) is 1. The second-order valence-electron chi connectivity index (χ2n) is 11.4. The van der Waals surface area contributed by atoms with E-state index in [9.17, 15) is 0 Å². The molecule has 4 aliphatic rings. The smallest absolute Gasteiger partial charge is 0.0651 e. The summed E-state index contributed by atoms with van der Waals surface area (Å²) in [5.74, 6) is 0.737. The van der Waals surface area contributed by atoms with Gasteiger partial charge in [-0.15, -0.1) is 0 Å². The second-order valence-corrected chi connectivity index (χ2v) is 11.4. The summed E-state index contributed by atoms with van der Waals surface area (Å²) in [6.07, 6.45) is 27.1. The van der Waals surface area contributed by atoms with E-state index in [2.05, 4.69) is 50.3 Å². The third-order valence-electron chi connectivity index (χ3n) is 9.54. The van der Waals surface area contributed by atoms with Crippen LogP contribution in [0.5, 0.6) is 0 Å². The van der Waals surface area contributed by atoms with Crippen molar-refractivity contribution < 1.29 is 4.74 Å². The molecule has 1 nitrogen and oxygen atoms in total. The normalized spacial score (nSPS) is 32.6. The van der Waals surface area contributed by atoms with Gasteiger partial charge < -0.3 is 4.74 Å². The fourth-order valence-corrected chi connectivity index (χ4v) is 7.13.